The molecule has 2 aromatic carbocycles. The predicted molar refractivity (Wildman–Crippen MR) is 113 cm³/mol. The third kappa shape index (κ3) is 5.21. The number of esters is 1. The van der Waals surface area contributed by atoms with Crippen LogP contribution >= 0.6 is 0 Å². The van der Waals surface area contributed by atoms with E-state index in [1.807, 2.05) is 6.07 Å². The van der Waals surface area contributed by atoms with Gasteiger partial charge in [-0.2, -0.15) is 5.10 Å². The highest BCUT2D eigenvalue weighted by atomic mass is 16.6. The maximum atomic E-state index is 12.6. The summed E-state index contributed by atoms with van der Waals surface area (Å²) in [5.41, 5.74) is 1.21. The van der Waals surface area contributed by atoms with Crippen molar-refractivity contribution >= 4 is 12.2 Å². The number of methoxy groups -OCH3 is 3. The summed E-state index contributed by atoms with van der Waals surface area (Å²) >= 11 is 0. The van der Waals surface area contributed by atoms with E-state index < -0.39 is 5.97 Å². The molecule has 1 N–H and O–H groups in total. The molecule has 1 aliphatic rings. The van der Waals surface area contributed by atoms with Gasteiger partial charge in [-0.05, 0) is 42.0 Å². The van der Waals surface area contributed by atoms with Gasteiger partial charge in [0.1, 0.15) is 0 Å². The van der Waals surface area contributed by atoms with E-state index in [0.717, 1.165) is 31.7 Å². The third-order valence-corrected chi connectivity index (χ3v) is 4.97. The van der Waals surface area contributed by atoms with Gasteiger partial charge >= 0.3 is 5.97 Å². The van der Waals surface area contributed by atoms with Crippen molar-refractivity contribution in [1.82, 2.24) is 5.01 Å². The fraction of sp³-hybridized carbons (Fsp3) is 0.364. The SMILES string of the molecule is COc1ccc(C(=O)Oc2ccc(/C=N\N3CC[NH+](C)CC3)cc2OC)cc1OC. The van der Waals surface area contributed by atoms with Gasteiger partial charge in [0.25, 0.3) is 0 Å². The van der Waals surface area contributed by atoms with E-state index in [4.69, 9.17) is 18.9 Å². The highest BCUT2D eigenvalue weighted by molar-refractivity contribution is 5.92. The number of quaternary nitrogens is 1. The van der Waals surface area contributed by atoms with Crippen molar-refractivity contribution in [3.8, 4) is 23.0 Å². The highest BCUT2D eigenvalue weighted by Gasteiger charge is 2.16. The molecule has 8 heteroatoms. The number of likely N-dealkylation sites (N-methyl/N-ethyl adjacent to an activating group) is 1. The molecule has 0 aliphatic carbocycles. The van der Waals surface area contributed by atoms with E-state index in [0.29, 0.717) is 28.6 Å². The number of nitrogens with zero attached hydrogens (tertiary/aromatic N) is 2. The summed E-state index contributed by atoms with van der Waals surface area (Å²) in [7, 11) is 6.77. The van der Waals surface area contributed by atoms with Crippen LogP contribution < -0.4 is 23.8 Å². The van der Waals surface area contributed by atoms with Crippen molar-refractivity contribution in [2.45, 2.75) is 0 Å². The van der Waals surface area contributed by atoms with E-state index in [1.54, 1.807) is 36.5 Å². The van der Waals surface area contributed by atoms with Crippen molar-refractivity contribution in [2.24, 2.45) is 5.10 Å². The monoisotopic (exact) mass is 414 g/mol. The second-order valence-electron chi connectivity index (χ2n) is 7.02. The molecule has 0 amide bonds. The first-order valence-electron chi connectivity index (χ1n) is 9.76. The second-order valence-corrected chi connectivity index (χ2v) is 7.02. The Bertz CT molecular complexity index is 908. The topological polar surface area (TPSA) is 74.0 Å². The molecule has 8 nitrogen and oxygen atoms in total. The summed E-state index contributed by atoms with van der Waals surface area (Å²) in [5.74, 6) is 1.26. The molecule has 1 saturated heterocycles. The van der Waals surface area contributed by atoms with Gasteiger partial charge < -0.3 is 23.8 Å². The van der Waals surface area contributed by atoms with Gasteiger partial charge in [0.05, 0.1) is 66.3 Å². The lowest BCUT2D eigenvalue weighted by Crippen LogP contribution is -3.11. The van der Waals surface area contributed by atoms with Crippen LogP contribution in [0.15, 0.2) is 41.5 Å². The molecule has 0 atom stereocenters. The van der Waals surface area contributed by atoms with Crippen molar-refractivity contribution in [1.29, 1.82) is 0 Å². The molecule has 2 aromatic rings. The van der Waals surface area contributed by atoms with Crippen LogP contribution in [0.25, 0.3) is 0 Å². The minimum atomic E-state index is -0.518. The number of carbonyl (C=O) groups excluding carboxylic acids is 1. The maximum absolute atomic E-state index is 12.6. The van der Waals surface area contributed by atoms with Crippen molar-refractivity contribution in [3.05, 3.63) is 47.5 Å². The van der Waals surface area contributed by atoms with Crippen LogP contribution in [0.3, 0.4) is 0 Å². The molecular weight excluding hydrogens is 386 g/mol. The van der Waals surface area contributed by atoms with E-state index in [2.05, 4.69) is 17.2 Å². The average Bonchev–Trinajstić information content (AvgIpc) is 2.78. The highest BCUT2D eigenvalue weighted by Crippen LogP contribution is 2.31. The number of hydrazone groups is 1. The Morgan fingerprint density at radius 1 is 0.933 bits per heavy atom. The Kier molecular flexibility index (Phi) is 7.13. The molecule has 0 aromatic heterocycles. The fourth-order valence-corrected chi connectivity index (χ4v) is 3.11. The first-order valence-corrected chi connectivity index (χ1v) is 9.76. The molecule has 1 aliphatic heterocycles. The van der Waals surface area contributed by atoms with Gasteiger partial charge in [0.2, 0.25) is 0 Å². The summed E-state index contributed by atoms with van der Waals surface area (Å²) in [6.45, 7) is 4.01. The molecule has 0 bridgehead atoms. The van der Waals surface area contributed by atoms with Gasteiger partial charge in [-0.25, -0.2) is 4.79 Å². The molecule has 3 rings (SSSR count). The smallest absolute Gasteiger partial charge is 0.343 e. The maximum Gasteiger partial charge on any atom is 0.343 e. The van der Waals surface area contributed by atoms with Gasteiger partial charge in [-0.1, -0.05) is 0 Å². The summed E-state index contributed by atoms with van der Waals surface area (Å²) in [4.78, 5) is 14.1. The number of rotatable bonds is 7. The van der Waals surface area contributed by atoms with Crippen molar-refractivity contribution < 1.29 is 28.6 Å². The lowest BCUT2D eigenvalue weighted by atomic mass is 10.2. The number of nitrogens with one attached hydrogen (secondary N) is 1. The second kappa shape index (κ2) is 9.98. The quantitative estimate of drug-likeness (QED) is 0.416. The van der Waals surface area contributed by atoms with Crippen LogP contribution in [0.4, 0.5) is 0 Å². The Hall–Kier alpha value is -3.26. The molecule has 1 heterocycles. The van der Waals surface area contributed by atoms with Crippen LogP contribution in [0.5, 0.6) is 23.0 Å². The van der Waals surface area contributed by atoms with Crippen molar-refractivity contribution in [2.75, 3.05) is 54.6 Å². The molecule has 0 radical (unpaired) electrons. The van der Waals surface area contributed by atoms with Gasteiger partial charge in [0.15, 0.2) is 23.0 Å². The molecular formula is C22H28N3O5+. The molecule has 0 saturated carbocycles. The lowest BCUT2D eigenvalue weighted by molar-refractivity contribution is -0.884. The lowest BCUT2D eigenvalue weighted by Gasteiger charge is -2.27. The van der Waals surface area contributed by atoms with Crippen LogP contribution in [-0.4, -0.2) is 71.7 Å². The summed E-state index contributed by atoms with van der Waals surface area (Å²) in [6.07, 6.45) is 1.79. The Balaban J connectivity index is 1.71. The van der Waals surface area contributed by atoms with Crippen molar-refractivity contribution in [3.63, 3.8) is 0 Å². The van der Waals surface area contributed by atoms with E-state index in [9.17, 15) is 4.79 Å². The summed E-state index contributed by atoms with van der Waals surface area (Å²) in [5, 5.41) is 6.60. The minimum absolute atomic E-state index is 0.331. The minimum Gasteiger partial charge on any atom is -0.493 e. The molecule has 0 spiro atoms. The van der Waals surface area contributed by atoms with Gasteiger partial charge in [0, 0.05) is 0 Å². The third-order valence-electron chi connectivity index (χ3n) is 4.97. The Labute approximate surface area is 176 Å². The predicted octanol–water partition coefficient (Wildman–Crippen LogP) is 1.10. The largest absolute Gasteiger partial charge is 0.493 e. The molecule has 0 unspecified atom stereocenters. The normalized spacial score (nSPS) is 14.6. The zero-order valence-electron chi connectivity index (χ0n) is 17.8. The number of benzene rings is 2. The van der Waals surface area contributed by atoms with Gasteiger partial charge in [-0.3, -0.25) is 5.01 Å². The van der Waals surface area contributed by atoms with Gasteiger partial charge in [-0.15, -0.1) is 0 Å². The number of hydrogen-bond acceptors (Lipinski definition) is 7. The summed E-state index contributed by atoms with van der Waals surface area (Å²) in [6, 6.07) is 10.2. The molecule has 30 heavy (non-hydrogen) atoms. The molecule has 160 valence electrons. The first-order chi connectivity index (χ1) is 14.5. The first kappa shape index (κ1) is 21.4. The summed E-state index contributed by atoms with van der Waals surface area (Å²) < 4.78 is 21.4. The van der Waals surface area contributed by atoms with Crippen LogP contribution in [-0.2, 0) is 0 Å². The Morgan fingerprint density at radius 3 is 2.23 bits per heavy atom. The van der Waals surface area contributed by atoms with Crippen LogP contribution in [0, 0.1) is 0 Å². The van der Waals surface area contributed by atoms with E-state index in [1.165, 1.54) is 26.2 Å². The van der Waals surface area contributed by atoms with Crippen LogP contribution in [0.2, 0.25) is 0 Å². The van der Waals surface area contributed by atoms with Crippen LogP contribution in [0.1, 0.15) is 15.9 Å². The standard InChI is InChI=1S/C22H27N3O5/c1-24-9-11-25(12-10-24)23-15-16-5-7-19(20(13-16)28-3)30-22(26)17-6-8-18(27-2)21(14-17)29-4/h5-8,13-15H,9-12H2,1-4H3/p+1/b23-15-. The number of carbonyl (C=O) groups is 1. The number of ether oxygens (including phenoxy) is 4. The average molecular weight is 414 g/mol. The zero-order chi connectivity index (χ0) is 21.5. The van der Waals surface area contributed by atoms with E-state index in [-0.39, 0.29) is 0 Å². The zero-order valence-corrected chi connectivity index (χ0v) is 17.8. The molecule has 1 fully saturated rings. The fourth-order valence-electron chi connectivity index (χ4n) is 3.11. The number of piperazine rings is 1. The number of hydrogen-bond donors (Lipinski definition) is 1. The van der Waals surface area contributed by atoms with E-state index >= 15 is 0 Å². The Morgan fingerprint density at radius 2 is 1.57 bits per heavy atom.